The van der Waals surface area contributed by atoms with Crippen molar-refractivity contribution in [3.8, 4) is 23.3 Å². The Morgan fingerprint density at radius 1 is 1.19 bits per heavy atom. The Morgan fingerprint density at radius 3 is 2.46 bits per heavy atom. The highest BCUT2D eigenvalue weighted by atomic mass is 79.9. The number of ether oxygens (including phenoxy) is 1. The number of nitriles is 1. The van der Waals surface area contributed by atoms with Gasteiger partial charge in [0.2, 0.25) is 0 Å². The van der Waals surface area contributed by atoms with Crippen LogP contribution < -0.4 is 10.1 Å². The van der Waals surface area contributed by atoms with Crippen molar-refractivity contribution < 1.29 is 4.74 Å². The monoisotopic (exact) mass is 413 g/mol. The van der Waals surface area contributed by atoms with Gasteiger partial charge in [0, 0.05) is 18.0 Å². The van der Waals surface area contributed by atoms with Gasteiger partial charge in [-0.2, -0.15) is 10.2 Å². The Hall–Kier alpha value is -2.43. The highest BCUT2D eigenvalue weighted by Gasteiger charge is 2.14. The van der Waals surface area contributed by atoms with Crippen molar-refractivity contribution in [3.63, 3.8) is 0 Å². The Morgan fingerprint density at radius 2 is 1.92 bits per heavy atom. The van der Waals surface area contributed by atoms with Crippen LogP contribution in [0.2, 0.25) is 0 Å². The molecule has 1 N–H and O–H groups in total. The lowest BCUT2D eigenvalue weighted by atomic mass is 10.1. The number of nitrogens with zero attached hydrogens (tertiary/aromatic N) is 4. The Labute approximate surface area is 161 Å². The van der Waals surface area contributed by atoms with Crippen molar-refractivity contribution in [2.24, 2.45) is 0 Å². The van der Waals surface area contributed by atoms with Crippen LogP contribution in [0, 0.1) is 11.3 Å². The first-order chi connectivity index (χ1) is 12.7. The van der Waals surface area contributed by atoms with Gasteiger partial charge in [-0.25, -0.2) is 4.98 Å². The number of imidazole rings is 1. The van der Waals surface area contributed by atoms with E-state index >= 15 is 0 Å². The number of aromatic nitrogens is 3. The molecule has 2 aromatic heterocycles. The maximum atomic E-state index is 8.84. The molecular formula is C19H20BrN5O. The zero-order valence-corrected chi connectivity index (χ0v) is 16.2. The van der Waals surface area contributed by atoms with Crippen molar-refractivity contribution in [1.29, 1.82) is 5.26 Å². The minimum absolute atomic E-state index is 0.458. The van der Waals surface area contributed by atoms with E-state index in [-0.39, 0.29) is 0 Å². The summed E-state index contributed by atoms with van der Waals surface area (Å²) < 4.78 is 7.83. The quantitative estimate of drug-likeness (QED) is 0.691. The van der Waals surface area contributed by atoms with Gasteiger partial charge in [0.05, 0.1) is 28.9 Å². The maximum absolute atomic E-state index is 8.84. The molecule has 0 aliphatic carbocycles. The van der Waals surface area contributed by atoms with E-state index in [2.05, 4.69) is 37.3 Å². The molecule has 3 aromatic rings. The fraction of sp³-hybridized carbons (Fsp3) is 0.316. The highest BCUT2D eigenvalue weighted by Crippen LogP contribution is 2.32. The third kappa shape index (κ3) is 4.03. The van der Waals surface area contributed by atoms with Crippen LogP contribution >= 0.6 is 15.9 Å². The number of nitrogens with one attached hydrogen (secondary N) is 1. The van der Waals surface area contributed by atoms with E-state index in [0.717, 1.165) is 21.4 Å². The molecule has 7 heteroatoms. The number of piperidine rings is 1. The number of methoxy groups -OCH3 is 1. The topological polar surface area (TPSA) is 75.2 Å². The highest BCUT2D eigenvalue weighted by molar-refractivity contribution is 9.10. The first kappa shape index (κ1) is 18.4. The molecule has 134 valence electrons. The van der Waals surface area contributed by atoms with Gasteiger partial charge in [-0.15, -0.1) is 0 Å². The number of rotatable bonds is 2. The van der Waals surface area contributed by atoms with Gasteiger partial charge in [-0.05, 0) is 54.0 Å². The molecule has 6 nitrogen and oxygen atoms in total. The number of halogens is 1. The average molecular weight is 414 g/mol. The van der Waals surface area contributed by atoms with E-state index in [1.165, 1.54) is 32.4 Å². The molecule has 0 saturated carbocycles. The molecule has 1 fully saturated rings. The normalized spacial score (nSPS) is 13.6. The fourth-order valence-corrected chi connectivity index (χ4v) is 3.38. The van der Waals surface area contributed by atoms with Crippen LogP contribution in [0.4, 0.5) is 0 Å². The molecule has 0 bridgehead atoms. The molecule has 0 spiro atoms. The molecule has 0 radical (unpaired) electrons. The summed E-state index contributed by atoms with van der Waals surface area (Å²) in [7, 11) is 1.57. The number of hydrogen-bond donors (Lipinski definition) is 1. The largest absolute Gasteiger partial charge is 0.468 e. The second kappa shape index (κ2) is 8.79. The lowest BCUT2D eigenvalue weighted by Gasteiger charge is -2.09. The average Bonchev–Trinajstić information content (AvgIpc) is 3.21. The number of fused-ring (bicyclic) bond motifs is 1. The fourth-order valence-electron chi connectivity index (χ4n) is 2.76. The third-order valence-electron chi connectivity index (χ3n) is 4.14. The van der Waals surface area contributed by atoms with E-state index < -0.39 is 0 Å². The molecule has 1 saturated heterocycles. The molecule has 1 aliphatic heterocycles. The van der Waals surface area contributed by atoms with Gasteiger partial charge in [0.15, 0.2) is 5.65 Å². The minimum atomic E-state index is 0.458. The van der Waals surface area contributed by atoms with Crippen molar-refractivity contribution in [2.45, 2.75) is 19.3 Å². The van der Waals surface area contributed by atoms with Crippen molar-refractivity contribution in [3.05, 3.63) is 46.7 Å². The summed E-state index contributed by atoms with van der Waals surface area (Å²) in [5, 5.41) is 12.1. The van der Waals surface area contributed by atoms with Crippen LogP contribution in [0.3, 0.4) is 0 Å². The summed E-state index contributed by atoms with van der Waals surface area (Å²) in [4.78, 5) is 8.78. The van der Waals surface area contributed by atoms with E-state index in [0.29, 0.717) is 11.6 Å². The predicted octanol–water partition coefficient (Wildman–Crippen LogP) is 3.80. The van der Waals surface area contributed by atoms with Crippen LogP contribution in [0.1, 0.15) is 24.8 Å². The third-order valence-corrected chi connectivity index (χ3v) is 4.87. The lowest BCUT2D eigenvalue weighted by molar-refractivity contribution is 0.374. The molecule has 26 heavy (non-hydrogen) atoms. The van der Waals surface area contributed by atoms with Crippen molar-refractivity contribution in [1.82, 2.24) is 19.7 Å². The molecule has 1 aromatic carbocycles. The Bertz CT molecular complexity index is 899. The zero-order valence-electron chi connectivity index (χ0n) is 14.6. The zero-order chi connectivity index (χ0) is 18.4. The standard InChI is InChI=1S/C14H9BrN4O.C5H11N/c1-20-14-18-12(10-4-2-9(8-16)3-5-10)11(15)13-17-6-7-19(13)14;1-2-4-6-5-3-1/h2-7H,1H3;6H,1-5H2. The summed E-state index contributed by atoms with van der Waals surface area (Å²) in [5.41, 5.74) is 2.96. The lowest BCUT2D eigenvalue weighted by Crippen LogP contribution is -2.21. The van der Waals surface area contributed by atoms with Crippen LogP contribution in [-0.4, -0.2) is 34.6 Å². The number of benzene rings is 1. The summed E-state index contributed by atoms with van der Waals surface area (Å²) in [6.45, 7) is 2.50. The van der Waals surface area contributed by atoms with E-state index in [9.17, 15) is 0 Å². The summed E-state index contributed by atoms with van der Waals surface area (Å²) >= 11 is 3.53. The molecule has 0 amide bonds. The minimum Gasteiger partial charge on any atom is -0.468 e. The van der Waals surface area contributed by atoms with Gasteiger partial charge >= 0.3 is 6.01 Å². The SMILES string of the molecule is C1CCNCC1.COc1nc(-c2ccc(C#N)cc2)c(Br)c2nccn12. The summed E-state index contributed by atoms with van der Waals surface area (Å²) in [6, 6.07) is 9.77. The van der Waals surface area contributed by atoms with E-state index in [1.54, 1.807) is 36.0 Å². The van der Waals surface area contributed by atoms with Crippen LogP contribution in [0.5, 0.6) is 6.01 Å². The molecule has 3 heterocycles. The van der Waals surface area contributed by atoms with Crippen molar-refractivity contribution >= 4 is 21.6 Å². The maximum Gasteiger partial charge on any atom is 0.302 e. The molecule has 0 atom stereocenters. The van der Waals surface area contributed by atoms with Gasteiger partial charge in [-0.3, -0.25) is 4.40 Å². The molecule has 1 aliphatic rings. The van der Waals surface area contributed by atoms with Crippen molar-refractivity contribution in [2.75, 3.05) is 20.2 Å². The van der Waals surface area contributed by atoms with Crippen LogP contribution in [-0.2, 0) is 0 Å². The second-order valence-electron chi connectivity index (χ2n) is 5.88. The second-order valence-corrected chi connectivity index (χ2v) is 6.67. The van der Waals surface area contributed by atoms with E-state index in [4.69, 9.17) is 10.00 Å². The molecule has 0 unspecified atom stereocenters. The predicted molar refractivity (Wildman–Crippen MR) is 104 cm³/mol. The Balaban J connectivity index is 0.000000278. The number of hydrogen-bond acceptors (Lipinski definition) is 5. The van der Waals surface area contributed by atoms with Gasteiger partial charge in [-0.1, -0.05) is 18.6 Å². The summed E-state index contributed by atoms with van der Waals surface area (Å²) in [6.07, 6.45) is 7.69. The summed E-state index contributed by atoms with van der Waals surface area (Å²) in [5.74, 6) is 0. The molecular weight excluding hydrogens is 394 g/mol. The van der Waals surface area contributed by atoms with Gasteiger partial charge in [0.25, 0.3) is 0 Å². The Kier molecular flexibility index (Phi) is 6.21. The van der Waals surface area contributed by atoms with Crippen LogP contribution in [0.25, 0.3) is 16.9 Å². The van der Waals surface area contributed by atoms with Gasteiger partial charge < -0.3 is 10.1 Å². The smallest absolute Gasteiger partial charge is 0.302 e. The molecule has 4 rings (SSSR count). The first-order valence-corrected chi connectivity index (χ1v) is 9.31. The van der Waals surface area contributed by atoms with Crippen LogP contribution in [0.15, 0.2) is 41.1 Å². The first-order valence-electron chi connectivity index (χ1n) is 8.52. The van der Waals surface area contributed by atoms with E-state index in [1.807, 2.05) is 12.1 Å². The van der Waals surface area contributed by atoms with Gasteiger partial charge in [0.1, 0.15) is 0 Å².